The van der Waals surface area contributed by atoms with Gasteiger partial charge in [0.1, 0.15) is 5.76 Å². The number of rotatable bonds is 5. The largest absolute Gasteiger partial charge is 0.448 e. The number of nitrogens with one attached hydrogen (secondary N) is 3. The zero-order chi connectivity index (χ0) is 21.4. The zero-order valence-electron chi connectivity index (χ0n) is 15.9. The van der Waals surface area contributed by atoms with Crippen LogP contribution in [0, 0.1) is 6.92 Å². The molecule has 29 heavy (non-hydrogen) atoms. The Morgan fingerprint density at radius 2 is 2.03 bits per heavy atom. The summed E-state index contributed by atoms with van der Waals surface area (Å²) < 4.78 is 28.5. The van der Waals surface area contributed by atoms with E-state index >= 15 is 0 Å². The van der Waals surface area contributed by atoms with E-state index < -0.39 is 19.3 Å². The molecule has 1 atom stereocenters. The molecule has 3 rings (SSSR count). The topological polar surface area (TPSA) is 91.0 Å². The van der Waals surface area contributed by atoms with Gasteiger partial charge in [-0.3, -0.25) is 4.99 Å². The van der Waals surface area contributed by atoms with Crippen LogP contribution in [0.25, 0.3) is 0 Å². The molecule has 2 heterocycles. The SMILES string of the molecule is C=S1(=C)N=C(Nc2ccc(Cl)c(S(=C)(=O)NC)c2C)C(=NCc2ccc(Cl)o2)N1. The maximum atomic E-state index is 12.8. The highest BCUT2D eigenvalue weighted by Gasteiger charge is 2.22. The second-order valence-corrected chi connectivity index (χ2v) is 11.3. The molecule has 0 saturated carbocycles. The Labute approximate surface area is 181 Å². The Morgan fingerprint density at radius 1 is 1.31 bits per heavy atom. The molecule has 0 fully saturated rings. The van der Waals surface area contributed by atoms with Gasteiger partial charge in [0.25, 0.3) is 0 Å². The smallest absolute Gasteiger partial charge is 0.193 e. The number of aliphatic imine (C=N–C) groups is 1. The van der Waals surface area contributed by atoms with Crippen molar-refractivity contribution in [3.05, 3.63) is 45.8 Å². The zero-order valence-corrected chi connectivity index (χ0v) is 19.1. The maximum absolute atomic E-state index is 12.8. The van der Waals surface area contributed by atoms with E-state index in [9.17, 15) is 4.21 Å². The van der Waals surface area contributed by atoms with Crippen LogP contribution < -0.4 is 14.8 Å². The van der Waals surface area contributed by atoms with Crippen LogP contribution in [0.2, 0.25) is 10.2 Å². The summed E-state index contributed by atoms with van der Waals surface area (Å²) in [5.74, 6) is 13.3. The number of hydrogen-bond donors (Lipinski definition) is 3. The second-order valence-electron chi connectivity index (χ2n) is 6.31. The molecular weight excluding hydrogens is 453 g/mol. The monoisotopic (exact) mass is 473 g/mol. The van der Waals surface area contributed by atoms with Gasteiger partial charge < -0.3 is 14.5 Å². The lowest BCUT2D eigenvalue weighted by atomic mass is 10.2. The van der Waals surface area contributed by atoms with Gasteiger partial charge in [-0.05, 0) is 82.6 Å². The van der Waals surface area contributed by atoms with Gasteiger partial charge in [0.05, 0.1) is 26.2 Å². The highest BCUT2D eigenvalue weighted by atomic mass is 35.5. The van der Waals surface area contributed by atoms with E-state index in [1.807, 2.05) is 6.92 Å². The molecule has 1 aliphatic rings. The number of anilines is 1. The number of hydrogen-bond acceptors (Lipinski definition) is 5. The molecule has 156 valence electrons. The quantitative estimate of drug-likeness (QED) is 0.578. The van der Waals surface area contributed by atoms with Gasteiger partial charge in [0.2, 0.25) is 0 Å². The van der Waals surface area contributed by atoms with Crippen molar-refractivity contribution in [3.63, 3.8) is 0 Å². The maximum Gasteiger partial charge on any atom is 0.193 e. The van der Waals surface area contributed by atoms with Crippen LogP contribution in [-0.2, 0) is 16.3 Å². The van der Waals surface area contributed by atoms with Gasteiger partial charge in [0, 0.05) is 5.69 Å². The standard InChI is InChI=1S/C18H21Cl2N5O2S2/c1-11-14(8-7-13(19)16(11)29(5,26)21-2)23-18-17(24-28(3,4)25-18)22-10-12-6-9-15(20)27-12/h6-9H,3-5,10H2,1-2H3,(H,21,26)(H,22,24)(H,23,25). The van der Waals surface area contributed by atoms with Gasteiger partial charge in [-0.2, -0.15) is 4.40 Å². The van der Waals surface area contributed by atoms with E-state index in [1.54, 1.807) is 31.3 Å². The van der Waals surface area contributed by atoms with Gasteiger partial charge in [0.15, 0.2) is 16.9 Å². The lowest BCUT2D eigenvalue weighted by Crippen LogP contribution is -2.28. The van der Waals surface area contributed by atoms with E-state index in [4.69, 9.17) is 27.6 Å². The molecule has 1 aliphatic heterocycles. The van der Waals surface area contributed by atoms with Crippen LogP contribution >= 0.6 is 32.8 Å². The third-order valence-electron chi connectivity index (χ3n) is 4.07. The Morgan fingerprint density at radius 3 is 2.66 bits per heavy atom. The summed E-state index contributed by atoms with van der Waals surface area (Å²) in [6, 6.07) is 6.84. The Balaban J connectivity index is 1.96. The predicted molar refractivity (Wildman–Crippen MR) is 130 cm³/mol. The fraction of sp³-hybridized carbons (Fsp3) is 0.167. The number of halogens is 2. The summed E-state index contributed by atoms with van der Waals surface area (Å²) in [4.78, 5) is 4.94. The van der Waals surface area contributed by atoms with E-state index in [0.717, 1.165) is 0 Å². The average molecular weight is 474 g/mol. The molecule has 2 aromatic rings. The van der Waals surface area contributed by atoms with Gasteiger partial charge in [-0.1, -0.05) is 11.6 Å². The lowest BCUT2D eigenvalue weighted by Gasteiger charge is -2.17. The molecular formula is C18H21Cl2N5O2S2. The van der Waals surface area contributed by atoms with Crippen molar-refractivity contribution in [1.82, 2.24) is 9.44 Å². The molecule has 7 nitrogen and oxygen atoms in total. The molecule has 0 bridgehead atoms. The average Bonchev–Trinajstić information content (AvgIpc) is 3.17. The summed E-state index contributed by atoms with van der Waals surface area (Å²) in [6.45, 7) is 2.08. The minimum absolute atomic E-state index is 0.266. The summed E-state index contributed by atoms with van der Waals surface area (Å²) in [7, 11) is -3.12. The molecule has 0 saturated heterocycles. The number of amidine groups is 2. The predicted octanol–water partition coefficient (Wildman–Crippen LogP) is 3.62. The lowest BCUT2D eigenvalue weighted by molar-refractivity contribution is 0.514. The first-order valence-corrected chi connectivity index (χ1v) is 12.7. The molecule has 1 unspecified atom stereocenters. The third-order valence-corrected chi connectivity index (χ3v) is 7.65. The van der Waals surface area contributed by atoms with Crippen LogP contribution in [0.15, 0.2) is 43.0 Å². The van der Waals surface area contributed by atoms with Crippen LogP contribution in [0.5, 0.6) is 0 Å². The van der Waals surface area contributed by atoms with Crippen molar-refractivity contribution in [2.24, 2.45) is 9.39 Å². The fourth-order valence-electron chi connectivity index (χ4n) is 2.68. The Hall–Kier alpha value is -1.91. The Kier molecular flexibility index (Phi) is 6.07. The minimum Gasteiger partial charge on any atom is -0.448 e. The minimum atomic E-state index is -2.75. The first kappa shape index (κ1) is 21.8. The molecule has 1 aromatic carbocycles. The highest BCUT2D eigenvalue weighted by molar-refractivity contribution is 8.26. The van der Waals surface area contributed by atoms with Gasteiger partial charge in [-0.25, -0.2) is 8.93 Å². The summed E-state index contributed by atoms with van der Waals surface area (Å²) in [5.41, 5.74) is 1.36. The molecule has 11 heteroatoms. The number of nitrogens with zero attached hydrogens (tertiary/aromatic N) is 2. The Bertz CT molecular complexity index is 1230. The molecule has 0 amide bonds. The van der Waals surface area contributed by atoms with Crippen molar-refractivity contribution in [2.75, 3.05) is 12.4 Å². The molecule has 0 aliphatic carbocycles. The van der Waals surface area contributed by atoms with Crippen LogP contribution in [-0.4, -0.2) is 40.5 Å². The molecule has 0 radical (unpaired) electrons. The number of furan rings is 1. The molecule has 1 aromatic heterocycles. The van der Waals surface area contributed by atoms with Crippen molar-refractivity contribution in [1.29, 1.82) is 0 Å². The van der Waals surface area contributed by atoms with Gasteiger partial charge in [-0.15, -0.1) is 0 Å². The van der Waals surface area contributed by atoms with Crippen LogP contribution in [0.3, 0.4) is 0 Å². The molecule has 0 spiro atoms. The van der Waals surface area contributed by atoms with Gasteiger partial charge >= 0.3 is 0 Å². The second kappa shape index (κ2) is 8.08. The van der Waals surface area contributed by atoms with E-state index in [1.165, 1.54) is 0 Å². The summed E-state index contributed by atoms with van der Waals surface area (Å²) in [5, 5.41) is 3.89. The van der Waals surface area contributed by atoms with Crippen LogP contribution in [0.1, 0.15) is 11.3 Å². The van der Waals surface area contributed by atoms with Crippen LogP contribution in [0.4, 0.5) is 5.69 Å². The highest BCUT2D eigenvalue weighted by Crippen LogP contribution is 2.31. The van der Waals surface area contributed by atoms with E-state index in [-0.39, 0.29) is 6.54 Å². The molecule has 3 N–H and O–H groups in total. The summed E-state index contributed by atoms with van der Waals surface area (Å²) in [6.07, 6.45) is 0. The summed E-state index contributed by atoms with van der Waals surface area (Å²) >= 11 is 12.1. The fourth-order valence-corrected chi connectivity index (χ4v) is 5.66. The van der Waals surface area contributed by atoms with Crippen molar-refractivity contribution < 1.29 is 8.63 Å². The third kappa shape index (κ3) is 4.81. The van der Waals surface area contributed by atoms with E-state index in [0.29, 0.717) is 43.8 Å². The first-order chi connectivity index (χ1) is 13.5. The normalized spacial score (nSPS) is 18.9. The first-order valence-electron chi connectivity index (χ1n) is 8.30. The van der Waals surface area contributed by atoms with Crippen molar-refractivity contribution >= 4 is 77.5 Å². The van der Waals surface area contributed by atoms with E-state index in [2.05, 4.69) is 41.8 Å². The number of benzene rings is 1. The van der Waals surface area contributed by atoms with Crippen molar-refractivity contribution in [2.45, 2.75) is 18.4 Å². The van der Waals surface area contributed by atoms with Crippen molar-refractivity contribution in [3.8, 4) is 0 Å².